The minimum atomic E-state index is -3.36. The van der Waals surface area contributed by atoms with Gasteiger partial charge in [0.25, 0.3) is 0 Å². The second-order valence-electron chi connectivity index (χ2n) is 16.0. The van der Waals surface area contributed by atoms with Crippen molar-refractivity contribution < 1.29 is 49.8 Å². The van der Waals surface area contributed by atoms with E-state index in [0.29, 0.717) is 77.1 Å². The fourth-order valence-electron chi connectivity index (χ4n) is 7.37. The number of anilines is 4. The number of alkyl halides is 1. The van der Waals surface area contributed by atoms with E-state index >= 15 is 0 Å². The number of methoxy groups -OCH3 is 2. The Labute approximate surface area is 399 Å². The van der Waals surface area contributed by atoms with E-state index in [2.05, 4.69) is 35.9 Å². The summed E-state index contributed by atoms with van der Waals surface area (Å²) in [6, 6.07) is 7.07. The first-order chi connectivity index (χ1) is 32.4. The minimum Gasteiger partial charge on any atom is -0.496 e. The van der Waals surface area contributed by atoms with Crippen LogP contribution in [-0.2, 0) is 20.0 Å². The number of rotatable bonds is 21. The Kier molecular flexibility index (Phi) is 19.5. The number of aliphatic hydroxyl groups is 1. The minimum absolute atomic E-state index is 0.00339. The number of benzene rings is 2. The lowest BCUT2D eigenvalue weighted by Gasteiger charge is -2.31. The van der Waals surface area contributed by atoms with E-state index in [9.17, 15) is 35.2 Å². The average molecular weight is 1010 g/mol. The van der Waals surface area contributed by atoms with Crippen LogP contribution >= 0.6 is 11.6 Å². The van der Waals surface area contributed by atoms with Gasteiger partial charge >= 0.3 is 0 Å². The number of carbonyl (C=O) groups excluding carboxylic acids is 2. The third-order valence-electron chi connectivity index (χ3n) is 11.2. The van der Waals surface area contributed by atoms with Crippen LogP contribution in [-0.4, -0.2) is 151 Å². The maximum Gasteiger partial charge on any atom is 0.224 e. The van der Waals surface area contributed by atoms with Crippen molar-refractivity contribution >= 4 is 66.7 Å². The molecule has 6 rings (SSSR count). The lowest BCUT2D eigenvalue weighted by molar-refractivity contribution is 0.102. The molecular weight excluding hydrogens is 952 g/mol. The molecule has 0 radical (unpaired) electrons. The van der Waals surface area contributed by atoms with Crippen molar-refractivity contribution in [3.63, 3.8) is 0 Å². The van der Waals surface area contributed by atoms with E-state index in [4.69, 9.17) is 37.6 Å². The highest BCUT2D eigenvalue weighted by Gasteiger charge is 2.30. The molecule has 372 valence electrons. The average Bonchev–Trinajstić information content (AvgIpc) is 3.32. The topological polar surface area (TPSA) is 287 Å². The number of sulfonamides is 2. The number of nitrogens with one attached hydrogen (secondary N) is 3. The standard InChI is InChI=1S/C23H33FN6O5S.C20H25ClFN5O4S/c1-15(14-31)26-8-3-11-36(33,34)30-9-6-17(7-10-30)28-23-27-13-19(22(25)29-23)21(32)18-12-16(24)4-5-20(18)35-2;1-31-17-4-3-13(22)11-15(17)18(28)16-12-24-20(26-19(16)23)25-14-5-8-27(9-6-14)32(29,30)10-2-7-21/h4-5,12-13,15,17,26,31H,3,6-11,14H2,1-2H3,(H3,25,27,28,29);3-4,11-12,14H,2,5-10H2,1H3,(H3,23,24,25,26)/t15-;/m0./s1. The van der Waals surface area contributed by atoms with Crippen molar-refractivity contribution in [1.29, 1.82) is 0 Å². The van der Waals surface area contributed by atoms with E-state index in [1.807, 2.05) is 6.92 Å². The van der Waals surface area contributed by atoms with Crippen LogP contribution in [0.15, 0.2) is 48.8 Å². The Morgan fingerprint density at radius 2 is 1.16 bits per heavy atom. The van der Waals surface area contributed by atoms with Gasteiger partial charge in [0.15, 0.2) is 0 Å². The zero-order chi connectivity index (χ0) is 49.6. The maximum absolute atomic E-state index is 13.7. The summed E-state index contributed by atoms with van der Waals surface area (Å²) >= 11 is 5.60. The number of carbonyl (C=O) groups is 2. The summed E-state index contributed by atoms with van der Waals surface area (Å²) in [6.07, 6.45) is 5.71. The molecule has 0 aliphatic carbocycles. The number of hydrogen-bond donors (Lipinski definition) is 6. The number of halogens is 3. The summed E-state index contributed by atoms with van der Waals surface area (Å²) in [5, 5.41) is 18.4. The molecule has 2 aromatic heterocycles. The number of hydrogen-bond acceptors (Lipinski definition) is 18. The molecule has 25 heteroatoms. The molecule has 1 atom stereocenters. The van der Waals surface area contributed by atoms with Gasteiger partial charge in [-0.15, -0.1) is 11.6 Å². The largest absolute Gasteiger partial charge is 0.496 e. The number of nitrogens with zero attached hydrogens (tertiary/aromatic N) is 6. The first-order valence-corrected chi connectivity index (χ1v) is 25.5. The van der Waals surface area contributed by atoms with Crippen LogP contribution in [0.3, 0.4) is 0 Å². The Morgan fingerprint density at radius 3 is 1.53 bits per heavy atom. The van der Waals surface area contributed by atoms with E-state index in [1.165, 1.54) is 59.5 Å². The lowest BCUT2D eigenvalue weighted by Crippen LogP contribution is -2.43. The number of nitrogen functional groups attached to an aromatic ring is 2. The molecule has 0 unspecified atom stereocenters. The van der Waals surface area contributed by atoms with Gasteiger partial charge in [0.05, 0.1) is 54.6 Å². The number of piperidine rings is 2. The molecule has 2 fully saturated rings. The van der Waals surface area contributed by atoms with Crippen LogP contribution in [0.4, 0.5) is 32.3 Å². The molecular formula is C43H58ClF2N11O9S2. The number of ketones is 2. The molecule has 8 N–H and O–H groups in total. The normalized spacial score (nSPS) is 15.8. The second-order valence-corrected chi connectivity index (χ2v) is 20.6. The fraction of sp³-hybridized carbons (Fsp3) is 0.488. The van der Waals surface area contributed by atoms with Gasteiger partial charge in [-0.3, -0.25) is 9.59 Å². The van der Waals surface area contributed by atoms with Crippen molar-refractivity contribution in [1.82, 2.24) is 33.9 Å². The molecule has 0 amide bonds. The van der Waals surface area contributed by atoms with Crippen LogP contribution in [0.25, 0.3) is 0 Å². The smallest absolute Gasteiger partial charge is 0.224 e. The SMILES string of the molecule is COc1ccc(F)cc1C(=O)c1cnc(NC2CCN(S(=O)(=O)CCCCl)CC2)nc1N.COc1ccc(F)cc1C(=O)c1cnc(NC2CCN(S(=O)(=O)CCCN[C@@H](C)CO)CC2)nc1N. The monoisotopic (exact) mass is 1010 g/mol. The van der Waals surface area contributed by atoms with Crippen molar-refractivity contribution in [3.05, 3.63) is 82.7 Å². The molecule has 2 aliphatic heterocycles. The maximum atomic E-state index is 13.7. The zero-order valence-electron chi connectivity index (χ0n) is 38.0. The van der Waals surface area contributed by atoms with Gasteiger partial charge in [-0.2, -0.15) is 9.97 Å². The first kappa shape index (κ1) is 53.6. The molecule has 2 aromatic carbocycles. The van der Waals surface area contributed by atoms with Crippen LogP contribution in [0, 0.1) is 11.6 Å². The van der Waals surface area contributed by atoms with E-state index < -0.39 is 43.2 Å². The third kappa shape index (κ3) is 14.6. The van der Waals surface area contributed by atoms with E-state index in [0.717, 1.165) is 12.1 Å². The highest BCUT2D eigenvalue weighted by Crippen LogP contribution is 2.27. The summed E-state index contributed by atoms with van der Waals surface area (Å²) in [6.45, 7) is 3.85. The highest BCUT2D eigenvalue weighted by molar-refractivity contribution is 7.89. The van der Waals surface area contributed by atoms with Gasteiger partial charge in [-0.05, 0) is 88.4 Å². The van der Waals surface area contributed by atoms with Crippen LogP contribution in [0.1, 0.15) is 77.3 Å². The Hall–Kier alpha value is -5.37. The predicted octanol–water partition coefficient (Wildman–Crippen LogP) is 3.28. The molecule has 4 aromatic rings. The number of ether oxygens (including phenoxy) is 2. The van der Waals surface area contributed by atoms with Crippen molar-refractivity contribution in [2.75, 3.05) is 93.0 Å². The third-order valence-corrected chi connectivity index (χ3v) is 15.4. The highest BCUT2D eigenvalue weighted by atomic mass is 35.5. The fourth-order valence-corrected chi connectivity index (χ4v) is 10.7. The second kappa shape index (κ2) is 24.8. The number of aliphatic hydroxyl groups excluding tert-OH is 1. The van der Waals surface area contributed by atoms with Gasteiger partial charge in [-0.25, -0.2) is 44.2 Å². The molecule has 20 nitrogen and oxygen atoms in total. The Bertz CT molecular complexity index is 2590. The van der Waals surface area contributed by atoms with Crippen molar-refractivity contribution in [3.8, 4) is 11.5 Å². The number of nitrogens with two attached hydrogens (primary N) is 2. The molecule has 0 bridgehead atoms. The first-order valence-electron chi connectivity index (χ1n) is 21.8. The lowest BCUT2D eigenvalue weighted by atomic mass is 10.0. The summed E-state index contributed by atoms with van der Waals surface area (Å²) in [4.78, 5) is 42.3. The zero-order valence-corrected chi connectivity index (χ0v) is 40.3. The van der Waals surface area contributed by atoms with Gasteiger partial charge in [0.2, 0.25) is 43.5 Å². The van der Waals surface area contributed by atoms with Crippen LogP contribution < -0.4 is 36.9 Å². The summed E-state index contributed by atoms with van der Waals surface area (Å²) < 4.78 is 90.3. The van der Waals surface area contributed by atoms with Gasteiger partial charge in [0, 0.05) is 62.6 Å². The molecule has 0 spiro atoms. The van der Waals surface area contributed by atoms with E-state index in [1.54, 1.807) is 0 Å². The van der Waals surface area contributed by atoms with Gasteiger partial charge in [0.1, 0.15) is 34.8 Å². The van der Waals surface area contributed by atoms with Gasteiger partial charge < -0.3 is 42.0 Å². The Balaban J connectivity index is 0.000000256. The van der Waals surface area contributed by atoms with Crippen molar-refractivity contribution in [2.45, 2.75) is 63.6 Å². The van der Waals surface area contributed by atoms with E-state index in [-0.39, 0.29) is 93.5 Å². The van der Waals surface area contributed by atoms with Gasteiger partial charge in [-0.1, -0.05) is 0 Å². The molecule has 2 aliphatic rings. The predicted molar refractivity (Wildman–Crippen MR) is 254 cm³/mol. The summed E-state index contributed by atoms with van der Waals surface area (Å²) in [5.74, 6) is -1.13. The van der Waals surface area contributed by atoms with Crippen LogP contribution in [0.2, 0.25) is 0 Å². The van der Waals surface area contributed by atoms with Crippen LogP contribution in [0.5, 0.6) is 11.5 Å². The Morgan fingerprint density at radius 1 is 0.750 bits per heavy atom. The molecule has 68 heavy (non-hydrogen) atoms. The molecule has 4 heterocycles. The summed E-state index contributed by atoms with van der Waals surface area (Å²) in [7, 11) is -3.91. The number of aromatic nitrogens is 4. The quantitative estimate of drug-likeness (QED) is 0.0397. The molecule has 0 saturated carbocycles. The summed E-state index contributed by atoms with van der Waals surface area (Å²) in [5.41, 5.74) is 12.1. The van der Waals surface area contributed by atoms with Crippen molar-refractivity contribution in [2.24, 2.45) is 0 Å². The molecule has 2 saturated heterocycles.